The second kappa shape index (κ2) is 7.23. The average Bonchev–Trinajstić information content (AvgIpc) is 3.45. The van der Waals surface area contributed by atoms with Gasteiger partial charge < -0.3 is 15.3 Å². The van der Waals surface area contributed by atoms with Crippen LogP contribution in [0, 0.1) is 0 Å². The number of hydrogen-bond acceptors (Lipinski definition) is 9. The number of hydrogen-bond donors (Lipinski definition) is 3. The average molecular weight is 394 g/mol. The summed E-state index contributed by atoms with van der Waals surface area (Å²) in [4.78, 5) is 11.1. The van der Waals surface area contributed by atoms with Gasteiger partial charge in [0.15, 0.2) is 0 Å². The minimum absolute atomic E-state index is 0.0318. The first-order valence-electron chi connectivity index (χ1n) is 8.98. The van der Waals surface area contributed by atoms with Gasteiger partial charge in [0.1, 0.15) is 5.69 Å². The number of aliphatic hydroxyl groups is 1. The summed E-state index contributed by atoms with van der Waals surface area (Å²) in [5.74, 6) is 0.583. The van der Waals surface area contributed by atoms with Gasteiger partial charge in [-0.25, -0.2) is 9.97 Å². The number of rotatable bonds is 4. The second-order valence-electron chi connectivity index (χ2n) is 6.60. The molecule has 1 fully saturated rings. The molecule has 28 heavy (non-hydrogen) atoms. The van der Waals surface area contributed by atoms with Crippen molar-refractivity contribution >= 4 is 27.5 Å². The number of aromatic amines is 1. The van der Waals surface area contributed by atoms with Crippen LogP contribution in [0.4, 0.5) is 5.95 Å². The first kappa shape index (κ1) is 17.2. The van der Waals surface area contributed by atoms with Crippen LogP contribution in [0.3, 0.4) is 0 Å². The molecule has 1 aliphatic heterocycles. The Bertz CT molecular complexity index is 1080. The van der Waals surface area contributed by atoms with Gasteiger partial charge in [-0.2, -0.15) is 5.10 Å². The molecule has 0 spiro atoms. The number of fused-ring (bicyclic) bond motifs is 1. The molecule has 10 heteroatoms. The summed E-state index contributed by atoms with van der Waals surface area (Å²) in [6.45, 7) is 2.33. The van der Waals surface area contributed by atoms with Gasteiger partial charge >= 0.3 is 0 Å². The SMILES string of the molecule is OCC1CN(c2ncc(-c3ccc(-c4cn[nH]c4)c4ncsc34)nn2)CCN1. The number of anilines is 1. The normalized spacial score (nSPS) is 17.3. The number of nitrogens with one attached hydrogen (secondary N) is 2. The van der Waals surface area contributed by atoms with Crippen LogP contribution in [-0.2, 0) is 0 Å². The summed E-state index contributed by atoms with van der Waals surface area (Å²) in [5.41, 5.74) is 6.46. The van der Waals surface area contributed by atoms with E-state index in [1.807, 2.05) is 28.7 Å². The third kappa shape index (κ3) is 3.01. The van der Waals surface area contributed by atoms with Gasteiger partial charge in [-0.15, -0.1) is 21.5 Å². The van der Waals surface area contributed by atoms with E-state index in [0.717, 1.165) is 40.0 Å². The predicted molar refractivity (Wildman–Crippen MR) is 107 cm³/mol. The van der Waals surface area contributed by atoms with Crippen LogP contribution in [0.2, 0.25) is 0 Å². The summed E-state index contributed by atoms with van der Waals surface area (Å²) in [6.07, 6.45) is 5.40. The lowest BCUT2D eigenvalue weighted by Crippen LogP contribution is -2.52. The van der Waals surface area contributed by atoms with Gasteiger partial charge in [-0.1, -0.05) is 12.1 Å². The summed E-state index contributed by atoms with van der Waals surface area (Å²) in [6, 6.07) is 4.09. The summed E-state index contributed by atoms with van der Waals surface area (Å²) < 4.78 is 1.05. The molecular weight excluding hydrogens is 376 g/mol. The molecule has 1 aliphatic rings. The van der Waals surface area contributed by atoms with Crippen LogP contribution < -0.4 is 10.2 Å². The first-order valence-corrected chi connectivity index (χ1v) is 9.86. The molecule has 1 saturated heterocycles. The molecule has 142 valence electrons. The highest BCUT2D eigenvalue weighted by Crippen LogP contribution is 2.36. The molecule has 0 saturated carbocycles. The topological polar surface area (TPSA) is 116 Å². The van der Waals surface area contributed by atoms with Crippen molar-refractivity contribution < 1.29 is 5.11 Å². The zero-order valence-electron chi connectivity index (χ0n) is 14.9. The Morgan fingerprint density at radius 3 is 2.89 bits per heavy atom. The fourth-order valence-corrected chi connectivity index (χ4v) is 4.29. The zero-order valence-corrected chi connectivity index (χ0v) is 15.7. The van der Waals surface area contributed by atoms with Crippen molar-refractivity contribution in [1.29, 1.82) is 0 Å². The Labute approximate surface area is 164 Å². The van der Waals surface area contributed by atoms with Gasteiger partial charge in [-0.3, -0.25) is 5.10 Å². The highest BCUT2D eigenvalue weighted by molar-refractivity contribution is 7.17. The maximum atomic E-state index is 9.36. The zero-order chi connectivity index (χ0) is 18.9. The molecule has 0 radical (unpaired) electrons. The fourth-order valence-electron chi connectivity index (χ4n) is 3.45. The number of piperazine rings is 1. The number of H-pyrrole nitrogens is 1. The number of thiazole rings is 1. The van der Waals surface area contributed by atoms with Crippen molar-refractivity contribution in [2.75, 3.05) is 31.1 Å². The summed E-state index contributed by atoms with van der Waals surface area (Å²) in [7, 11) is 0. The van der Waals surface area contributed by atoms with E-state index in [1.54, 1.807) is 23.7 Å². The lowest BCUT2D eigenvalue weighted by atomic mass is 10.0. The molecule has 1 aromatic carbocycles. The van der Waals surface area contributed by atoms with Crippen molar-refractivity contribution in [2.45, 2.75) is 6.04 Å². The number of aliphatic hydroxyl groups excluding tert-OH is 1. The second-order valence-corrected chi connectivity index (χ2v) is 7.46. The summed E-state index contributed by atoms with van der Waals surface area (Å²) in [5, 5.41) is 28.3. The van der Waals surface area contributed by atoms with E-state index in [2.05, 4.69) is 35.7 Å². The van der Waals surface area contributed by atoms with E-state index >= 15 is 0 Å². The van der Waals surface area contributed by atoms with Crippen LogP contribution in [0.5, 0.6) is 0 Å². The maximum absolute atomic E-state index is 9.36. The molecule has 5 rings (SSSR count). The van der Waals surface area contributed by atoms with Crippen LogP contribution in [0.25, 0.3) is 32.6 Å². The standard InChI is InChI=1S/C18H18N8OS/c27-9-12-8-26(4-3-19-12)18-20-7-15(24-25-18)14-2-1-13(11-5-22-23-6-11)16-17(14)28-10-21-16/h1-2,5-7,10,12,19,27H,3-4,8-9H2,(H,22,23). The molecule has 0 amide bonds. The Morgan fingerprint density at radius 2 is 2.11 bits per heavy atom. The van der Waals surface area contributed by atoms with Gasteiger partial charge in [0.05, 0.1) is 34.7 Å². The molecule has 0 bridgehead atoms. The minimum atomic E-state index is 0.0318. The van der Waals surface area contributed by atoms with Crippen molar-refractivity contribution in [3.8, 4) is 22.4 Å². The van der Waals surface area contributed by atoms with Crippen LogP contribution in [-0.4, -0.2) is 67.8 Å². The first-order chi connectivity index (χ1) is 13.8. The lowest BCUT2D eigenvalue weighted by Gasteiger charge is -2.32. The van der Waals surface area contributed by atoms with E-state index in [4.69, 9.17) is 0 Å². The molecule has 3 aromatic heterocycles. The number of aromatic nitrogens is 6. The van der Waals surface area contributed by atoms with Crippen molar-refractivity contribution in [2.24, 2.45) is 0 Å². The molecule has 3 N–H and O–H groups in total. The highest BCUT2D eigenvalue weighted by atomic mass is 32.1. The van der Waals surface area contributed by atoms with E-state index in [9.17, 15) is 5.11 Å². The molecule has 9 nitrogen and oxygen atoms in total. The van der Waals surface area contributed by atoms with Crippen molar-refractivity contribution in [1.82, 2.24) is 35.7 Å². The van der Waals surface area contributed by atoms with Crippen molar-refractivity contribution in [3.05, 3.63) is 36.2 Å². The quantitative estimate of drug-likeness (QED) is 0.474. The van der Waals surface area contributed by atoms with Gasteiger partial charge in [0.25, 0.3) is 0 Å². The van der Waals surface area contributed by atoms with Crippen LogP contribution in [0.1, 0.15) is 0 Å². The lowest BCUT2D eigenvalue weighted by molar-refractivity contribution is 0.235. The van der Waals surface area contributed by atoms with Gasteiger partial charge in [0.2, 0.25) is 5.95 Å². The Morgan fingerprint density at radius 1 is 1.18 bits per heavy atom. The summed E-state index contributed by atoms with van der Waals surface area (Å²) >= 11 is 1.57. The van der Waals surface area contributed by atoms with E-state index < -0.39 is 0 Å². The molecular formula is C18H18N8OS. The van der Waals surface area contributed by atoms with E-state index in [1.165, 1.54) is 0 Å². The van der Waals surface area contributed by atoms with E-state index in [-0.39, 0.29) is 12.6 Å². The molecule has 1 atom stereocenters. The van der Waals surface area contributed by atoms with Gasteiger partial charge in [0, 0.05) is 48.6 Å². The predicted octanol–water partition coefficient (Wildman–Crippen LogP) is 1.31. The van der Waals surface area contributed by atoms with Crippen molar-refractivity contribution in [3.63, 3.8) is 0 Å². The van der Waals surface area contributed by atoms with Gasteiger partial charge in [-0.05, 0) is 0 Å². The monoisotopic (exact) mass is 394 g/mol. The molecule has 4 aromatic rings. The Kier molecular flexibility index (Phi) is 4.43. The molecule has 4 heterocycles. The van der Waals surface area contributed by atoms with E-state index in [0.29, 0.717) is 18.2 Å². The number of nitrogens with zero attached hydrogens (tertiary/aromatic N) is 6. The highest BCUT2D eigenvalue weighted by Gasteiger charge is 2.21. The Hall–Kier alpha value is -2.95. The molecule has 0 aliphatic carbocycles. The Balaban J connectivity index is 1.48. The fraction of sp³-hybridized carbons (Fsp3) is 0.278. The third-order valence-electron chi connectivity index (χ3n) is 4.88. The third-order valence-corrected chi connectivity index (χ3v) is 5.74. The largest absolute Gasteiger partial charge is 0.395 e. The molecule has 1 unspecified atom stereocenters. The van der Waals surface area contributed by atoms with Crippen LogP contribution in [0.15, 0.2) is 36.2 Å². The number of benzene rings is 1. The smallest absolute Gasteiger partial charge is 0.245 e. The maximum Gasteiger partial charge on any atom is 0.245 e. The minimum Gasteiger partial charge on any atom is -0.395 e. The van der Waals surface area contributed by atoms with Crippen LogP contribution >= 0.6 is 11.3 Å².